The van der Waals surface area contributed by atoms with Gasteiger partial charge < -0.3 is 14.8 Å². The van der Waals surface area contributed by atoms with Crippen LogP contribution in [0.5, 0.6) is 11.6 Å². The number of benzene rings is 1. The second-order valence-corrected chi connectivity index (χ2v) is 4.35. The normalized spacial score (nSPS) is 10.6. The molecule has 0 aliphatic heterocycles. The van der Waals surface area contributed by atoms with Crippen molar-refractivity contribution in [1.82, 2.24) is 9.97 Å². The Balaban J connectivity index is 2.33. The molecular weight excluding hydrogens is 302 g/mol. The fourth-order valence-electron chi connectivity index (χ4n) is 1.78. The molecule has 0 saturated heterocycles. The van der Waals surface area contributed by atoms with Gasteiger partial charge in [-0.25, -0.2) is 0 Å². The van der Waals surface area contributed by atoms with Crippen LogP contribution in [0, 0.1) is 10.1 Å². The van der Waals surface area contributed by atoms with Crippen LogP contribution in [-0.2, 0) is 0 Å². The molecular formula is C15H13N3O5. The van der Waals surface area contributed by atoms with E-state index in [0.717, 1.165) is 0 Å². The maximum Gasteiger partial charge on any atom is 0.395 e. The molecule has 2 aromatic rings. The lowest BCUT2D eigenvalue weighted by Crippen LogP contribution is -2.14. The number of aromatic nitrogens is 2. The maximum atomic E-state index is 11.6. The van der Waals surface area contributed by atoms with Crippen molar-refractivity contribution in [1.29, 1.82) is 0 Å². The van der Waals surface area contributed by atoms with E-state index in [9.17, 15) is 20.0 Å². The van der Waals surface area contributed by atoms with Crippen molar-refractivity contribution in [2.24, 2.45) is 0 Å². The highest BCUT2D eigenvalue weighted by molar-refractivity contribution is 5.70. The van der Waals surface area contributed by atoms with Gasteiger partial charge in [-0.1, -0.05) is 30.9 Å². The largest absolute Gasteiger partial charge is 0.489 e. The summed E-state index contributed by atoms with van der Waals surface area (Å²) in [5.41, 5.74) is -1.31. The van der Waals surface area contributed by atoms with Gasteiger partial charge in [0.1, 0.15) is 18.2 Å². The minimum Gasteiger partial charge on any atom is -0.489 e. The summed E-state index contributed by atoms with van der Waals surface area (Å²) >= 11 is 0. The van der Waals surface area contributed by atoms with E-state index in [-0.39, 0.29) is 5.82 Å². The fraction of sp³-hybridized carbons (Fsp3) is 0.0667. The van der Waals surface area contributed by atoms with E-state index in [1.165, 1.54) is 6.08 Å². The molecule has 1 heterocycles. The third-order valence-electron chi connectivity index (χ3n) is 2.77. The SMILES string of the molecule is C=CCOc1ccccc1/C=C/c1nc(O)c([N+](=O)[O-])c(=O)[nH]1. The van der Waals surface area contributed by atoms with E-state index in [1.54, 1.807) is 36.4 Å². The number of rotatable bonds is 6. The van der Waals surface area contributed by atoms with E-state index in [0.29, 0.717) is 17.9 Å². The van der Waals surface area contributed by atoms with Gasteiger partial charge in [0.15, 0.2) is 0 Å². The van der Waals surface area contributed by atoms with Crippen molar-refractivity contribution in [3.8, 4) is 11.6 Å². The fourth-order valence-corrected chi connectivity index (χ4v) is 1.78. The third-order valence-corrected chi connectivity index (χ3v) is 2.77. The predicted molar refractivity (Wildman–Crippen MR) is 84.2 cm³/mol. The zero-order chi connectivity index (χ0) is 16.8. The standard InChI is InChI=1S/C15H13N3O5/c1-2-9-23-11-6-4-3-5-10(11)7-8-12-16-14(19)13(18(21)22)15(20)17-12/h2-8H,1,9H2,(H2,16,17,19,20)/b8-7+. The van der Waals surface area contributed by atoms with Crippen LogP contribution in [0.2, 0.25) is 0 Å². The summed E-state index contributed by atoms with van der Waals surface area (Å²) in [4.78, 5) is 27.0. The molecule has 0 fully saturated rings. The Morgan fingerprint density at radius 2 is 2.13 bits per heavy atom. The molecule has 0 bridgehead atoms. The van der Waals surface area contributed by atoms with E-state index < -0.39 is 22.0 Å². The number of para-hydroxylation sites is 1. The Morgan fingerprint density at radius 3 is 2.78 bits per heavy atom. The second-order valence-electron chi connectivity index (χ2n) is 4.35. The molecule has 0 unspecified atom stereocenters. The summed E-state index contributed by atoms with van der Waals surface area (Å²) in [5, 5.41) is 20.1. The Hall–Kier alpha value is -3.42. The van der Waals surface area contributed by atoms with E-state index >= 15 is 0 Å². The molecule has 2 rings (SSSR count). The molecule has 0 aliphatic carbocycles. The van der Waals surface area contributed by atoms with Gasteiger partial charge in [-0.2, -0.15) is 4.98 Å². The summed E-state index contributed by atoms with van der Waals surface area (Å²) in [6.07, 6.45) is 4.61. The number of nitrogens with one attached hydrogen (secondary N) is 1. The van der Waals surface area contributed by atoms with Gasteiger partial charge in [0.2, 0.25) is 0 Å². The third kappa shape index (κ3) is 3.82. The van der Waals surface area contributed by atoms with Crippen LogP contribution in [0.3, 0.4) is 0 Å². The average Bonchev–Trinajstić information content (AvgIpc) is 2.50. The van der Waals surface area contributed by atoms with Gasteiger partial charge in [-0.05, 0) is 18.2 Å². The molecule has 0 amide bonds. The first-order chi connectivity index (χ1) is 11.0. The summed E-state index contributed by atoms with van der Waals surface area (Å²) in [6.45, 7) is 3.90. The lowest BCUT2D eigenvalue weighted by atomic mass is 10.2. The van der Waals surface area contributed by atoms with Crippen LogP contribution >= 0.6 is 0 Å². The first-order valence-corrected chi connectivity index (χ1v) is 6.51. The number of nitrogens with zero attached hydrogens (tertiary/aromatic N) is 2. The summed E-state index contributed by atoms with van der Waals surface area (Å²) in [6, 6.07) is 7.13. The molecule has 118 valence electrons. The van der Waals surface area contributed by atoms with Crippen molar-refractivity contribution >= 4 is 17.8 Å². The molecule has 0 radical (unpaired) electrons. The van der Waals surface area contributed by atoms with Gasteiger partial charge in [-0.15, -0.1) is 0 Å². The van der Waals surface area contributed by atoms with Crippen LogP contribution in [0.1, 0.15) is 11.4 Å². The molecule has 1 aromatic heterocycles. The number of hydrogen-bond acceptors (Lipinski definition) is 6. The van der Waals surface area contributed by atoms with E-state index in [4.69, 9.17) is 4.74 Å². The lowest BCUT2D eigenvalue weighted by molar-refractivity contribution is -0.387. The molecule has 0 saturated carbocycles. The topological polar surface area (TPSA) is 118 Å². The highest BCUT2D eigenvalue weighted by atomic mass is 16.6. The van der Waals surface area contributed by atoms with Crippen LogP contribution in [-0.4, -0.2) is 26.6 Å². The molecule has 1 aromatic carbocycles. The minimum atomic E-state index is -1.03. The van der Waals surface area contributed by atoms with Crippen LogP contribution < -0.4 is 10.3 Å². The van der Waals surface area contributed by atoms with Gasteiger partial charge in [0.05, 0.1) is 4.92 Å². The quantitative estimate of drug-likeness (QED) is 0.479. The van der Waals surface area contributed by atoms with Gasteiger partial charge >= 0.3 is 11.2 Å². The Labute approximate surface area is 130 Å². The highest BCUT2D eigenvalue weighted by Gasteiger charge is 2.21. The zero-order valence-electron chi connectivity index (χ0n) is 11.9. The second kappa shape index (κ2) is 7.03. The number of aromatic hydroxyl groups is 1. The predicted octanol–water partition coefficient (Wildman–Crippen LogP) is 2.12. The number of hydrogen-bond donors (Lipinski definition) is 2. The first kappa shape index (κ1) is 16.0. The molecule has 8 nitrogen and oxygen atoms in total. The maximum absolute atomic E-state index is 11.6. The minimum absolute atomic E-state index is 0.0170. The average molecular weight is 315 g/mol. The Morgan fingerprint density at radius 1 is 1.39 bits per heavy atom. The molecule has 0 spiro atoms. The molecule has 0 aliphatic rings. The van der Waals surface area contributed by atoms with Crippen LogP contribution in [0.25, 0.3) is 12.2 Å². The van der Waals surface area contributed by atoms with Gasteiger partial charge in [-0.3, -0.25) is 14.9 Å². The van der Waals surface area contributed by atoms with Crippen LogP contribution in [0.4, 0.5) is 5.69 Å². The molecule has 23 heavy (non-hydrogen) atoms. The zero-order valence-corrected chi connectivity index (χ0v) is 11.9. The first-order valence-electron chi connectivity index (χ1n) is 6.51. The molecule has 0 atom stereocenters. The Kier molecular flexibility index (Phi) is 4.88. The van der Waals surface area contributed by atoms with Crippen molar-refractivity contribution in [2.75, 3.05) is 6.61 Å². The Bertz CT molecular complexity index is 826. The van der Waals surface area contributed by atoms with Gasteiger partial charge in [0.25, 0.3) is 5.88 Å². The number of nitro groups is 1. The van der Waals surface area contributed by atoms with E-state index in [2.05, 4.69) is 16.5 Å². The number of H-pyrrole nitrogens is 1. The number of ether oxygens (including phenoxy) is 1. The van der Waals surface area contributed by atoms with Crippen molar-refractivity contribution in [3.05, 3.63) is 68.8 Å². The summed E-state index contributed by atoms with van der Waals surface area (Å²) < 4.78 is 5.47. The van der Waals surface area contributed by atoms with Gasteiger partial charge in [0, 0.05) is 5.56 Å². The van der Waals surface area contributed by atoms with E-state index in [1.807, 2.05) is 0 Å². The summed E-state index contributed by atoms with van der Waals surface area (Å²) in [5.74, 6) is -0.358. The highest BCUT2D eigenvalue weighted by Crippen LogP contribution is 2.21. The smallest absolute Gasteiger partial charge is 0.395 e. The van der Waals surface area contributed by atoms with Crippen molar-refractivity contribution in [2.45, 2.75) is 0 Å². The van der Waals surface area contributed by atoms with Crippen molar-refractivity contribution < 1.29 is 14.8 Å². The summed E-state index contributed by atoms with van der Waals surface area (Å²) in [7, 11) is 0. The monoisotopic (exact) mass is 315 g/mol. The lowest BCUT2D eigenvalue weighted by Gasteiger charge is -2.06. The molecule has 2 N–H and O–H groups in total. The van der Waals surface area contributed by atoms with Crippen molar-refractivity contribution in [3.63, 3.8) is 0 Å². The van der Waals surface area contributed by atoms with Crippen LogP contribution in [0.15, 0.2) is 41.7 Å². The number of aromatic amines is 1. The molecule has 8 heteroatoms.